The van der Waals surface area contributed by atoms with E-state index in [1.165, 1.54) is 0 Å². The Bertz CT molecular complexity index is 93.0. The Morgan fingerprint density at radius 1 is 1.78 bits per heavy atom. The van der Waals surface area contributed by atoms with E-state index >= 15 is 0 Å². The molecule has 0 bridgehead atoms. The number of hydrogen-bond donors (Lipinski definition) is 2. The fourth-order valence-electron chi connectivity index (χ4n) is 0.448. The molecule has 0 aromatic carbocycles. The molecule has 0 aliphatic rings. The van der Waals surface area contributed by atoms with Crippen LogP contribution in [0.4, 0.5) is 0 Å². The van der Waals surface area contributed by atoms with Crippen molar-refractivity contribution in [2.45, 2.75) is 12.8 Å². The molecule has 4 heteroatoms. The van der Waals surface area contributed by atoms with Crippen LogP contribution in [-0.2, 0) is 4.74 Å². The van der Waals surface area contributed by atoms with Crippen LogP contribution in [0.1, 0.15) is 12.8 Å². The van der Waals surface area contributed by atoms with Crippen LogP contribution in [-0.4, -0.2) is 24.8 Å². The second-order valence-electron chi connectivity index (χ2n) is 1.69. The van der Waals surface area contributed by atoms with E-state index in [9.17, 15) is 0 Å². The first-order valence-electron chi connectivity index (χ1n) is 2.76. The summed E-state index contributed by atoms with van der Waals surface area (Å²) in [6, 6.07) is 0. The first kappa shape index (κ1) is 8.23. The Morgan fingerprint density at radius 2 is 2.44 bits per heavy atom. The van der Waals surface area contributed by atoms with Crippen LogP contribution in [0.2, 0.25) is 0 Å². The van der Waals surface area contributed by atoms with Gasteiger partial charge in [0, 0.05) is 20.1 Å². The highest BCUT2D eigenvalue weighted by Crippen LogP contribution is 1.87. The molecule has 0 unspecified atom stereocenters. The highest BCUT2D eigenvalue weighted by Gasteiger charge is 1.90. The molecular weight excluding hydrogens is 120 g/mol. The van der Waals surface area contributed by atoms with Crippen molar-refractivity contribution in [3.05, 3.63) is 0 Å². The van der Waals surface area contributed by atoms with Crippen LogP contribution in [0.15, 0.2) is 5.16 Å². The van der Waals surface area contributed by atoms with Gasteiger partial charge in [-0.1, -0.05) is 5.16 Å². The van der Waals surface area contributed by atoms with E-state index in [1.807, 2.05) is 0 Å². The van der Waals surface area contributed by atoms with E-state index in [2.05, 4.69) is 5.16 Å². The molecule has 0 amide bonds. The van der Waals surface area contributed by atoms with Gasteiger partial charge in [-0.2, -0.15) is 0 Å². The van der Waals surface area contributed by atoms with Gasteiger partial charge in [-0.25, -0.2) is 0 Å². The van der Waals surface area contributed by atoms with Crippen molar-refractivity contribution in [3.63, 3.8) is 0 Å². The van der Waals surface area contributed by atoms with Crippen molar-refractivity contribution >= 4 is 5.84 Å². The van der Waals surface area contributed by atoms with E-state index in [-0.39, 0.29) is 5.84 Å². The molecule has 0 atom stereocenters. The second-order valence-corrected chi connectivity index (χ2v) is 1.69. The van der Waals surface area contributed by atoms with Crippen LogP contribution in [0.25, 0.3) is 0 Å². The average Bonchev–Trinajstić information content (AvgIpc) is 1.89. The number of rotatable bonds is 4. The van der Waals surface area contributed by atoms with Gasteiger partial charge in [-0.05, 0) is 6.42 Å². The molecule has 0 aliphatic heterocycles. The zero-order chi connectivity index (χ0) is 7.11. The minimum Gasteiger partial charge on any atom is -0.409 e. The number of hydrogen-bond acceptors (Lipinski definition) is 3. The lowest BCUT2D eigenvalue weighted by atomic mass is 10.3. The van der Waals surface area contributed by atoms with Crippen LogP contribution in [0, 0.1) is 0 Å². The van der Waals surface area contributed by atoms with E-state index in [0.717, 1.165) is 6.42 Å². The Hall–Kier alpha value is -0.770. The molecule has 0 spiro atoms. The molecule has 0 fully saturated rings. The monoisotopic (exact) mass is 132 g/mol. The van der Waals surface area contributed by atoms with Crippen LogP contribution < -0.4 is 5.73 Å². The van der Waals surface area contributed by atoms with Crippen molar-refractivity contribution in [2.75, 3.05) is 13.7 Å². The summed E-state index contributed by atoms with van der Waals surface area (Å²) in [5.41, 5.74) is 5.16. The standard InChI is InChI=1S/C5H12N2O2/c1-9-4-2-3-5(6)7-8/h8H,2-4H2,1H3,(H2,6,7). The molecule has 0 saturated carbocycles. The smallest absolute Gasteiger partial charge is 0.139 e. The van der Waals surface area contributed by atoms with E-state index in [4.69, 9.17) is 15.7 Å². The fourth-order valence-corrected chi connectivity index (χ4v) is 0.448. The van der Waals surface area contributed by atoms with Crippen molar-refractivity contribution in [1.82, 2.24) is 0 Å². The number of nitrogens with two attached hydrogens (primary N) is 1. The molecule has 0 radical (unpaired) electrons. The maximum atomic E-state index is 8.06. The zero-order valence-electron chi connectivity index (χ0n) is 5.50. The summed E-state index contributed by atoms with van der Waals surface area (Å²) >= 11 is 0. The summed E-state index contributed by atoms with van der Waals surface area (Å²) in [6.45, 7) is 0.649. The van der Waals surface area contributed by atoms with Gasteiger partial charge in [0.1, 0.15) is 5.84 Å². The number of methoxy groups -OCH3 is 1. The molecule has 9 heavy (non-hydrogen) atoms. The van der Waals surface area contributed by atoms with Crippen molar-refractivity contribution < 1.29 is 9.94 Å². The maximum absolute atomic E-state index is 8.06. The summed E-state index contributed by atoms with van der Waals surface area (Å²) in [5.74, 6) is 0.257. The first-order valence-corrected chi connectivity index (χ1v) is 2.76. The molecule has 0 saturated heterocycles. The Kier molecular flexibility index (Phi) is 4.91. The van der Waals surface area contributed by atoms with E-state index < -0.39 is 0 Å². The molecule has 54 valence electrons. The minimum absolute atomic E-state index is 0.257. The Labute approximate surface area is 54.3 Å². The Balaban J connectivity index is 3.07. The maximum Gasteiger partial charge on any atom is 0.139 e. The molecule has 0 aliphatic carbocycles. The molecule has 0 aromatic heterocycles. The Morgan fingerprint density at radius 3 is 2.89 bits per heavy atom. The highest BCUT2D eigenvalue weighted by molar-refractivity contribution is 5.79. The van der Waals surface area contributed by atoms with Gasteiger partial charge in [-0.15, -0.1) is 0 Å². The van der Waals surface area contributed by atoms with Gasteiger partial charge >= 0.3 is 0 Å². The van der Waals surface area contributed by atoms with Crippen LogP contribution >= 0.6 is 0 Å². The van der Waals surface area contributed by atoms with Crippen LogP contribution in [0.5, 0.6) is 0 Å². The lowest BCUT2D eigenvalue weighted by molar-refractivity contribution is 0.196. The van der Waals surface area contributed by atoms with Gasteiger partial charge in [0.05, 0.1) is 0 Å². The fraction of sp³-hybridized carbons (Fsp3) is 0.800. The predicted octanol–water partition coefficient (Wildman–Crippen LogP) is 0.159. The first-order chi connectivity index (χ1) is 4.31. The summed E-state index contributed by atoms with van der Waals surface area (Å²) in [4.78, 5) is 0. The lowest BCUT2D eigenvalue weighted by Gasteiger charge is -1.95. The third kappa shape index (κ3) is 5.10. The number of amidine groups is 1. The second kappa shape index (κ2) is 5.37. The quantitative estimate of drug-likeness (QED) is 0.188. The van der Waals surface area contributed by atoms with Gasteiger partial charge in [0.15, 0.2) is 0 Å². The van der Waals surface area contributed by atoms with Gasteiger partial charge in [0.2, 0.25) is 0 Å². The molecule has 0 heterocycles. The van der Waals surface area contributed by atoms with Gasteiger partial charge < -0.3 is 15.7 Å². The topological polar surface area (TPSA) is 67.8 Å². The third-order valence-electron chi connectivity index (χ3n) is 0.910. The molecule has 3 N–H and O–H groups in total. The summed E-state index contributed by atoms with van der Waals surface area (Å²) in [5, 5.41) is 10.9. The largest absolute Gasteiger partial charge is 0.409 e. The van der Waals surface area contributed by atoms with Gasteiger partial charge in [-0.3, -0.25) is 0 Å². The summed E-state index contributed by atoms with van der Waals surface area (Å²) < 4.78 is 4.74. The molecule has 4 nitrogen and oxygen atoms in total. The van der Waals surface area contributed by atoms with Gasteiger partial charge in [0.25, 0.3) is 0 Å². The molecule has 0 rings (SSSR count). The van der Waals surface area contributed by atoms with E-state index in [1.54, 1.807) is 7.11 Å². The highest BCUT2D eigenvalue weighted by atomic mass is 16.5. The predicted molar refractivity (Wildman–Crippen MR) is 34.5 cm³/mol. The number of oxime groups is 1. The third-order valence-corrected chi connectivity index (χ3v) is 0.910. The number of ether oxygens (including phenoxy) is 1. The lowest BCUT2D eigenvalue weighted by Crippen LogP contribution is -2.11. The summed E-state index contributed by atoms with van der Waals surface area (Å²) in [7, 11) is 1.62. The number of nitrogens with zero attached hydrogens (tertiary/aromatic N) is 1. The average molecular weight is 132 g/mol. The van der Waals surface area contributed by atoms with Crippen molar-refractivity contribution in [2.24, 2.45) is 10.9 Å². The van der Waals surface area contributed by atoms with Crippen molar-refractivity contribution in [1.29, 1.82) is 0 Å². The van der Waals surface area contributed by atoms with E-state index in [0.29, 0.717) is 13.0 Å². The molecular formula is C5H12N2O2. The van der Waals surface area contributed by atoms with Crippen molar-refractivity contribution in [3.8, 4) is 0 Å². The summed E-state index contributed by atoms with van der Waals surface area (Å²) in [6.07, 6.45) is 1.39. The van der Waals surface area contributed by atoms with Crippen LogP contribution in [0.3, 0.4) is 0 Å². The molecule has 0 aromatic rings. The SMILES string of the molecule is COCCCC(N)=NO. The minimum atomic E-state index is 0.257. The normalized spacial score (nSPS) is 11.9. The zero-order valence-corrected chi connectivity index (χ0v) is 5.50.